The molecule has 2 aliphatic rings. The molecule has 0 aromatic heterocycles. The van der Waals surface area contributed by atoms with Gasteiger partial charge < -0.3 is 9.64 Å². The Bertz CT molecular complexity index is 817. The molecule has 4 rings (SSSR count). The van der Waals surface area contributed by atoms with Gasteiger partial charge >= 0.3 is 0 Å². The highest BCUT2D eigenvalue weighted by atomic mass is 16.5. The zero-order chi connectivity index (χ0) is 17.2. The van der Waals surface area contributed by atoms with Crippen LogP contribution in [0.4, 0.5) is 11.4 Å². The Kier molecular flexibility index (Phi) is 4.07. The number of carbonyl (C=O) groups is 2. The fourth-order valence-corrected chi connectivity index (χ4v) is 3.34. The van der Waals surface area contributed by atoms with Gasteiger partial charge in [0.25, 0.3) is 11.8 Å². The molecule has 1 fully saturated rings. The molecule has 0 N–H and O–H groups in total. The van der Waals surface area contributed by atoms with Crippen molar-refractivity contribution >= 4 is 23.2 Å². The number of hydrogen-bond donors (Lipinski definition) is 0. The van der Waals surface area contributed by atoms with Gasteiger partial charge in [-0.05, 0) is 24.3 Å². The standard InChI is InChI=1S/C20H18N2O3/c23-19-13-17(20(24)22(19)16-9-5-2-6-10-16)18-14-25-12-11-21(18)15-7-3-1-4-8-15/h1-10,13,18H,11-12,14H2. The van der Waals surface area contributed by atoms with Gasteiger partial charge in [0.2, 0.25) is 0 Å². The quantitative estimate of drug-likeness (QED) is 0.809. The van der Waals surface area contributed by atoms with Crippen LogP contribution in [0.15, 0.2) is 72.3 Å². The number of rotatable bonds is 3. The van der Waals surface area contributed by atoms with Gasteiger partial charge in [0.1, 0.15) is 0 Å². The maximum absolute atomic E-state index is 12.9. The summed E-state index contributed by atoms with van der Waals surface area (Å²) in [6.07, 6.45) is 1.45. The molecule has 0 saturated carbocycles. The van der Waals surface area contributed by atoms with Crippen molar-refractivity contribution in [1.82, 2.24) is 0 Å². The largest absolute Gasteiger partial charge is 0.377 e. The third kappa shape index (κ3) is 2.83. The van der Waals surface area contributed by atoms with Crippen LogP contribution in [0.3, 0.4) is 0 Å². The molecular formula is C20H18N2O3. The Morgan fingerprint density at radius 2 is 1.52 bits per heavy atom. The number of para-hydroxylation sites is 2. The average molecular weight is 334 g/mol. The summed E-state index contributed by atoms with van der Waals surface area (Å²) in [5.41, 5.74) is 2.10. The fraction of sp³-hybridized carbons (Fsp3) is 0.200. The van der Waals surface area contributed by atoms with E-state index in [1.807, 2.05) is 48.5 Å². The van der Waals surface area contributed by atoms with Gasteiger partial charge in [-0.3, -0.25) is 9.59 Å². The summed E-state index contributed by atoms with van der Waals surface area (Å²) in [5.74, 6) is -0.572. The summed E-state index contributed by atoms with van der Waals surface area (Å²) < 4.78 is 5.61. The lowest BCUT2D eigenvalue weighted by Gasteiger charge is -2.37. The molecule has 0 spiro atoms. The number of ether oxygens (including phenoxy) is 1. The van der Waals surface area contributed by atoms with Gasteiger partial charge in [0.15, 0.2) is 0 Å². The van der Waals surface area contributed by atoms with Gasteiger partial charge in [-0.25, -0.2) is 4.90 Å². The highest BCUT2D eigenvalue weighted by molar-refractivity contribution is 6.31. The summed E-state index contributed by atoms with van der Waals surface area (Å²) in [5, 5.41) is 0. The first-order chi connectivity index (χ1) is 12.3. The third-order valence-corrected chi connectivity index (χ3v) is 4.54. The van der Waals surface area contributed by atoms with Gasteiger partial charge in [0.05, 0.1) is 24.9 Å². The van der Waals surface area contributed by atoms with Crippen LogP contribution in [-0.2, 0) is 14.3 Å². The first kappa shape index (κ1) is 15.6. The van der Waals surface area contributed by atoms with Gasteiger partial charge in [0, 0.05) is 23.9 Å². The van der Waals surface area contributed by atoms with Crippen molar-refractivity contribution in [3.63, 3.8) is 0 Å². The molecule has 25 heavy (non-hydrogen) atoms. The molecule has 126 valence electrons. The van der Waals surface area contributed by atoms with Crippen LogP contribution in [0.2, 0.25) is 0 Å². The van der Waals surface area contributed by atoms with Crippen LogP contribution >= 0.6 is 0 Å². The van der Waals surface area contributed by atoms with Crippen molar-refractivity contribution in [2.75, 3.05) is 29.6 Å². The first-order valence-electron chi connectivity index (χ1n) is 8.30. The van der Waals surface area contributed by atoms with Crippen molar-refractivity contribution in [2.24, 2.45) is 0 Å². The minimum atomic E-state index is -0.301. The molecule has 5 heteroatoms. The van der Waals surface area contributed by atoms with Crippen molar-refractivity contribution in [3.8, 4) is 0 Å². The highest BCUT2D eigenvalue weighted by Gasteiger charge is 2.39. The molecule has 2 aromatic carbocycles. The maximum atomic E-state index is 12.9. The topological polar surface area (TPSA) is 49.9 Å². The lowest BCUT2D eigenvalue weighted by molar-refractivity contribution is -0.120. The number of carbonyl (C=O) groups excluding carboxylic acids is 2. The Balaban J connectivity index is 1.65. The number of amides is 2. The van der Waals surface area contributed by atoms with E-state index >= 15 is 0 Å². The Morgan fingerprint density at radius 3 is 2.20 bits per heavy atom. The molecule has 1 saturated heterocycles. The van der Waals surface area contributed by atoms with Gasteiger partial charge in [-0.2, -0.15) is 0 Å². The predicted molar refractivity (Wildman–Crippen MR) is 95.4 cm³/mol. The monoisotopic (exact) mass is 334 g/mol. The lowest BCUT2D eigenvalue weighted by Crippen LogP contribution is -2.48. The zero-order valence-corrected chi connectivity index (χ0v) is 13.7. The Hall–Kier alpha value is -2.92. The predicted octanol–water partition coefficient (Wildman–Crippen LogP) is 2.39. The SMILES string of the molecule is O=C1C=C(C2COCCN2c2ccccc2)C(=O)N1c1ccccc1. The molecule has 1 atom stereocenters. The van der Waals surface area contributed by atoms with E-state index < -0.39 is 0 Å². The number of anilines is 2. The van der Waals surface area contributed by atoms with Crippen LogP contribution < -0.4 is 9.80 Å². The van der Waals surface area contributed by atoms with E-state index in [0.717, 1.165) is 5.69 Å². The van der Waals surface area contributed by atoms with E-state index in [4.69, 9.17) is 4.74 Å². The van der Waals surface area contributed by atoms with Crippen LogP contribution in [0, 0.1) is 0 Å². The van der Waals surface area contributed by atoms with E-state index in [1.165, 1.54) is 11.0 Å². The number of hydrogen-bond acceptors (Lipinski definition) is 4. The number of nitrogens with zero attached hydrogens (tertiary/aromatic N) is 2. The van der Waals surface area contributed by atoms with Crippen molar-refractivity contribution in [1.29, 1.82) is 0 Å². The highest BCUT2D eigenvalue weighted by Crippen LogP contribution is 2.29. The molecule has 1 unspecified atom stereocenters. The van der Waals surface area contributed by atoms with Crippen LogP contribution in [0.25, 0.3) is 0 Å². The Labute approximate surface area is 146 Å². The third-order valence-electron chi connectivity index (χ3n) is 4.54. The van der Waals surface area contributed by atoms with E-state index in [2.05, 4.69) is 4.90 Å². The molecular weight excluding hydrogens is 316 g/mol. The second-order valence-electron chi connectivity index (χ2n) is 6.03. The first-order valence-corrected chi connectivity index (χ1v) is 8.30. The minimum absolute atomic E-state index is 0.263. The van der Waals surface area contributed by atoms with Crippen LogP contribution in [-0.4, -0.2) is 37.6 Å². The summed E-state index contributed by atoms with van der Waals surface area (Å²) in [4.78, 5) is 28.8. The molecule has 2 aliphatic heterocycles. The Morgan fingerprint density at radius 1 is 0.880 bits per heavy atom. The fourth-order valence-electron chi connectivity index (χ4n) is 3.34. The number of benzene rings is 2. The molecule has 0 radical (unpaired) electrons. The molecule has 2 amide bonds. The van der Waals surface area contributed by atoms with E-state index in [9.17, 15) is 9.59 Å². The summed E-state index contributed by atoms with van der Waals surface area (Å²) in [6.45, 7) is 1.67. The number of morpholine rings is 1. The summed E-state index contributed by atoms with van der Waals surface area (Å²) in [7, 11) is 0. The van der Waals surface area contributed by atoms with Crippen LogP contribution in [0.5, 0.6) is 0 Å². The summed E-state index contributed by atoms with van der Waals surface area (Å²) >= 11 is 0. The molecule has 0 bridgehead atoms. The molecule has 0 aliphatic carbocycles. The van der Waals surface area contributed by atoms with Gasteiger partial charge in [-0.1, -0.05) is 36.4 Å². The number of imide groups is 1. The van der Waals surface area contributed by atoms with Crippen LogP contribution in [0.1, 0.15) is 0 Å². The normalized spacial score (nSPS) is 20.8. The van der Waals surface area contributed by atoms with Crippen molar-refractivity contribution in [3.05, 3.63) is 72.3 Å². The minimum Gasteiger partial charge on any atom is -0.377 e. The second kappa shape index (κ2) is 6.53. The smallest absolute Gasteiger partial charge is 0.263 e. The summed E-state index contributed by atoms with van der Waals surface area (Å²) in [6, 6.07) is 18.7. The zero-order valence-electron chi connectivity index (χ0n) is 13.7. The maximum Gasteiger partial charge on any atom is 0.263 e. The van der Waals surface area contributed by atoms with Gasteiger partial charge in [-0.15, -0.1) is 0 Å². The van der Waals surface area contributed by atoms with Crippen molar-refractivity contribution < 1.29 is 14.3 Å². The van der Waals surface area contributed by atoms with E-state index in [1.54, 1.807) is 12.1 Å². The lowest BCUT2D eigenvalue weighted by atomic mass is 10.0. The molecule has 2 heterocycles. The molecule has 2 aromatic rings. The second-order valence-corrected chi connectivity index (χ2v) is 6.03. The van der Waals surface area contributed by atoms with Crippen molar-refractivity contribution in [2.45, 2.75) is 6.04 Å². The molecule has 5 nitrogen and oxygen atoms in total. The van der Waals surface area contributed by atoms with E-state index in [0.29, 0.717) is 31.0 Å². The van der Waals surface area contributed by atoms with E-state index in [-0.39, 0.29) is 17.9 Å². The average Bonchev–Trinajstić information content (AvgIpc) is 2.97.